The summed E-state index contributed by atoms with van der Waals surface area (Å²) >= 11 is 0. The van der Waals surface area contributed by atoms with Gasteiger partial charge in [-0.25, -0.2) is 0 Å². The number of oxime groups is 1. The van der Waals surface area contributed by atoms with Crippen LogP contribution in [-0.4, -0.2) is 39.7 Å². The van der Waals surface area contributed by atoms with Crippen LogP contribution in [0, 0.1) is 0 Å². The highest BCUT2D eigenvalue weighted by Crippen LogP contribution is 2.34. The number of anilines is 1. The molecular weight excluding hydrogens is 340 g/mol. The highest BCUT2D eigenvalue weighted by Gasteiger charge is 2.14. The molecule has 1 aliphatic rings. The topological polar surface area (TPSA) is 87.6 Å². The fraction of sp³-hybridized carbons (Fsp3) is 0.222. The van der Waals surface area contributed by atoms with E-state index in [0.717, 1.165) is 0 Å². The molecule has 0 saturated heterocycles. The third-order valence-electron chi connectivity index (χ3n) is 3.56. The van der Waals surface area contributed by atoms with E-state index in [4.69, 9.17) is 23.8 Å². The standard InChI is InChI=1S/C18H18N2O6/c1-22-14-5-3-12(16(8-14)23-2)9-19-26-10-18(21)20-13-4-6-15-17(7-13)25-11-24-15/h3-9H,10-11H2,1-2H3,(H,20,21)/b19-9-. The summed E-state index contributed by atoms with van der Waals surface area (Å²) in [6.45, 7) is -0.0528. The zero-order chi connectivity index (χ0) is 18.4. The first kappa shape index (κ1) is 17.4. The molecule has 0 saturated carbocycles. The number of carbonyl (C=O) groups is 1. The highest BCUT2D eigenvalue weighted by molar-refractivity contribution is 5.92. The summed E-state index contributed by atoms with van der Waals surface area (Å²) in [4.78, 5) is 16.9. The lowest BCUT2D eigenvalue weighted by atomic mass is 10.2. The first-order chi connectivity index (χ1) is 12.7. The maximum atomic E-state index is 11.9. The second-order valence-electron chi connectivity index (χ2n) is 5.23. The number of benzene rings is 2. The molecule has 0 aromatic heterocycles. The van der Waals surface area contributed by atoms with Crippen molar-refractivity contribution in [3.05, 3.63) is 42.0 Å². The lowest BCUT2D eigenvalue weighted by molar-refractivity contribution is -0.120. The molecule has 2 aromatic carbocycles. The van der Waals surface area contributed by atoms with Gasteiger partial charge in [0.15, 0.2) is 18.1 Å². The molecule has 8 nitrogen and oxygen atoms in total. The fourth-order valence-electron chi connectivity index (χ4n) is 2.29. The Morgan fingerprint density at radius 2 is 2.00 bits per heavy atom. The van der Waals surface area contributed by atoms with E-state index in [1.807, 2.05) is 0 Å². The largest absolute Gasteiger partial charge is 0.497 e. The molecule has 1 amide bonds. The average Bonchev–Trinajstić information content (AvgIpc) is 3.13. The fourth-order valence-corrected chi connectivity index (χ4v) is 2.29. The van der Waals surface area contributed by atoms with Gasteiger partial charge in [-0.1, -0.05) is 5.16 Å². The van der Waals surface area contributed by atoms with Crippen LogP contribution in [0.1, 0.15) is 5.56 Å². The number of rotatable bonds is 7. The zero-order valence-electron chi connectivity index (χ0n) is 14.4. The summed E-state index contributed by atoms with van der Waals surface area (Å²) in [5.41, 5.74) is 1.29. The van der Waals surface area contributed by atoms with E-state index in [-0.39, 0.29) is 19.3 Å². The SMILES string of the molecule is COc1ccc(/C=N\OCC(=O)Nc2ccc3c(c2)OCO3)c(OC)c1. The Bertz CT molecular complexity index is 821. The molecule has 0 spiro atoms. The molecule has 0 radical (unpaired) electrons. The quantitative estimate of drug-likeness (QED) is 0.604. The Balaban J connectivity index is 1.51. The molecule has 3 rings (SSSR count). The van der Waals surface area contributed by atoms with E-state index in [1.165, 1.54) is 6.21 Å². The van der Waals surface area contributed by atoms with E-state index in [0.29, 0.717) is 34.2 Å². The van der Waals surface area contributed by atoms with Crippen LogP contribution in [0.3, 0.4) is 0 Å². The number of carbonyl (C=O) groups excluding carboxylic acids is 1. The van der Waals surface area contributed by atoms with Crippen LogP contribution in [0.5, 0.6) is 23.0 Å². The predicted molar refractivity (Wildman–Crippen MR) is 94.3 cm³/mol. The third-order valence-corrected chi connectivity index (χ3v) is 3.56. The minimum Gasteiger partial charge on any atom is -0.497 e. The first-order valence-corrected chi connectivity index (χ1v) is 7.76. The molecule has 1 N–H and O–H groups in total. The normalized spacial score (nSPS) is 12.1. The van der Waals surface area contributed by atoms with Gasteiger partial charge in [0.1, 0.15) is 11.5 Å². The molecule has 0 fully saturated rings. The van der Waals surface area contributed by atoms with Crippen molar-refractivity contribution in [2.45, 2.75) is 0 Å². The van der Waals surface area contributed by atoms with Crippen LogP contribution < -0.4 is 24.3 Å². The summed E-state index contributed by atoms with van der Waals surface area (Å²) in [6, 6.07) is 10.4. The molecular formula is C18H18N2O6. The van der Waals surface area contributed by atoms with E-state index in [1.54, 1.807) is 50.6 Å². The summed E-state index contributed by atoms with van der Waals surface area (Å²) in [7, 11) is 3.12. The summed E-state index contributed by atoms with van der Waals surface area (Å²) in [6.07, 6.45) is 1.46. The number of nitrogens with zero attached hydrogens (tertiary/aromatic N) is 1. The van der Waals surface area contributed by atoms with Gasteiger partial charge in [0.25, 0.3) is 5.91 Å². The van der Waals surface area contributed by atoms with Gasteiger partial charge in [0.2, 0.25) is 6.79 Å². The first-order valence-electron chi connectivity index (χ1n) is 7.76. The van der Waals surface area contributed by atoms with Crippen molar-refractivity contribution in [2.24, 2.45) is 5.16 Å². The van der Waals surface area contributed by atoms with Crippen molar-refractivity contribution < 1.29 is 28.6 Å². The number of amides is 1. The number of nitrogens with one attached hydrogen (secondary N) is 1. The molecule has 136 valence electrons. The van der Waals surface area contributed by atoms with Crippen LogP contribution in [-0.2, 0) is 9.63 Å². The van der Waals surface area contributed by atoms with E-state index in [9.17, 15) is 4.79 Å². The molecule has 2 aromatic rings. The maximum absolute atomic E-state index is 11.9. The Labute approximate surface area is 150 Å². The molecule has 0 bridgehead atoms. The average molecular weight is 358 g/mol. The second-order valence-corrected chi connectivity index (χ2v) is 5.23. The molecule has 8 heteroatoms. The second kappa shape index (κ2) is 8.11. The van der Waals surface area contributed by atoms with Gasteiger partial charge in [0.05, 0.1) is 20.4 Å². The lowest BCUT2D eigenvalue weighted by Crippen LogP contribution is -2.16. The van der Waals surface area contributed by atoms with Gasteiger partial charge in [0, 0.05) is 23.4 Å². The van der Waals surface area contributed by atoms with Crippen molar-refractivity contribution in [1.82, 2.24) is 0 Å². The molecule has 0 atom stereocenters. The minimum absolute atomic E-state index is 0.180. The highest BCUT2D eigenvalue weighted by atomic mass is 16.7. The van der Waals surface area contributed by atoms with Gasteiger partial charge in [-0.05, 0) is 24.3 Å². The molecule has 0 unspecified atom stereocenters. The van der Waals surface area contributed by atoms with Crippen molar-refractivity contribution in [3.8, 4) is 23.0 Å². The van der Waals surface area contributed by atoms with Gasteiger partial charge >= 0.3 is 0 Å². The van der Waals surface area contributed by atoms with Crippen LogP contribution in [0.25, 0.3) is 0 Å². The Morgan fingerprint density at radius 3 is 2.81 bits per heavy atom. The molecule has 1 aliphatic heterocycles. The number of hydrogen-bond donors (Lipinski definition) is 1. The van der Waals surface area contributed by atoms with Crippen LogP contribution >= 0.6 is 0 Å². The predicted octanol–water partition coefficient (Wildman–Crippen LogP) is 2.42. The number of hydrogen-bond acceptors (Lipinski definition) is 7. The van der Waals surface area contributed by atoms with E-state index < -0.39 is 0 Å². The Hall–Kier alpha value is -3.42. The summed E-state index contributed by atoms with van der Waals surface area (Å²) in [5.74, 6) is 2.15. The maximum Gasteiger partial charge on any atom is 0.265 e. The van der Waals surface area contributed by atoms with Crippen LogP contribution in [0.15, 0.2) is 41.6 Å². The van der Waals surface area contributed by atoms with Gasteiger partial charge < -0.3 is 29.1 Å². The number of fused-ring (bicyclic) bond motifs is 1. The summed E-state index contributed by atoms with van der Waals surface area (Å²) < 4.78 is 20.9. The lowest BCUT2D eigenvalue weighted by Gasteiger charge is -2.07. The monoisotopic (exact) mass is 358 g/mol. The number of ether oxygens (including phenoxy) is 4. The van der Waals surface area contributed by atoms with Crippen molar-refractivity contribution in [3.63, 3.8) is 0 Å². The number of methoxy groups -OCH3 is 2. The van der Waals surface area contributed by atoms with E-state index in [2.05, 4.69) is 10.5 Å². The Kier molecular flexibility index (Phi) is 5.43. The van der Waals surface area contributed by atoms with Crippen molar-refractivity contribution >= 4 is 17.8 Å². The minimum atomic E-state index is -0.345. The smallest absolute Gasteiger partial charge is 0.265 e. The van der Waals surface area contributed by atoms with E-state index >= 15 is 0 Å². The molecule has 0 aliphatic carbocycles. The zero-order valence-corrected chi connectivity index (χ0v) is 14.4. The van der Waals surface area contributed by atoms with Crippen LogP contribution in [0.2, 0.25) is 0 Å². The van der Waals surface area contributed by atoms with Crippen molar-refractivity contribution in [1.29, 1.82) is 0 Å². The van der Waals surface area contributed by atoms with Gasteiger partial charge in [-0.3, -0.25) is 4.79 Å². The molecule has 1 heterocycles. The summed E-state index contributed by atoms with van der Waals surface area (Å²) in [5, 5.41) is 6.49. The van der Waals surface area contributed by atoms with Crippen LogP contribution in [0.4, 0.5) is 5.69 Å². The van der Waals surface area contributed by atoms with Gasteiger partial charge in [-0.2, -0.15) is 0 Å². The molecule has 26 heavy (non-hydrogen) atoms. The Morgan fingerprint density at radius 1 is 1.15 bits per heavy atom. The van der Waals surface area contributed by atoms with Crippen molar-refractivity contribution in [2.75, 3.05) is 32.9 Å². The third kappa shape index (κ3) is 4.15. The van der Waals surface area contributed by atoms with Gasteiger partial charge in [-0.15, -0.1) is 0 Å².